The van der Waals surface area contributed by atoms with Gasteiger partial charge in [-0.25, -0.2) is 8.42 Å². The first-order valence-electron chi connectivity index (χ1n) is 10.2. The molecule has 3 rings (SSSR count). The van der Waals surface area contributed by atoms with Crippen LogP contribution in [0.15, 0.2) is 47.4 Å². The zero-order valence-electron chi connectivity index (χ0n) is 18.4. The lowest BCUT2D eigenvalue weighted by Gasteiger charge is -2.22. The molecule has 0 unspecified atom stereocenters. The summed E-state index contributed by atoms with van der Waals surface area (Å²) in [6.07, 6.45) is 0.722. The maximum atomic E-state index is 12.9. The van der Waals surface area contributed by atoms with Crippen molar-refractivity contribution in [3.8, 4) is 23.0 Å². The number of methoxy groups -OCH3 is 1. The molecule has 10 heteroatoms. The maximum Gasteiger partial charge on any atom is 0.243 e. The average molecular weight is 465 g/mol. The van der Waals surface area contributed by atoms with E-state index in [1.54, 1.807) is 44.5 Å². The van der Waals surface area contributed by atoms with Crippen molar-refractivity contribution in [2.75, 3.05) is 54.1 Å². The Morgan fingerprint density at radius 2 is 1.66 bits per heavy atom. The van der Waals surface area contributed by atoms with Crippen LogP contribution >= 0.6 is 0 Å². The molecule has 1 amide bonds. The number of carbonyl (C=O) groups is 1. The van der Waals surface area contributed by atoms with Crippen molar-refractivity contribution >= 4 is 15.9 Å². The molecule has 0 aliphatic carbocycles. The summed E-state index contributed by atoms with van der Waals surface area (Å²) in [4.78, 5) is 14.0. The third-order valence-electron chi connectivity index (χ3n) is 4.97. The molecule has 2 aromatic carbocycles. The number of amides is 1. The fraction of sp³-hybridized carbons (Fsp3) is 0.409. The molecular weight excluding hydrogens is 436 g/mol. The Labute approximate surface area is 188 Å². The molecule has 0 atom stereocenters. The second-order valence-electron chi connectivity index (χ2n) is 7.26. The van der Waals surface area contributed by atoms with Crippen molar-refractivity contribution in [3.05, 3.63) is 42.5 Å². The second kappa shape index (κ2) is 10.6. The number of rotatable bonds is 9. The minimum Gasteiger partial charge on any atom is -0.497 e. The van der Waals surface area contributed by atoms with Crippen LogP contribution in [0.2, 0.25) is 0 Å². The van der Waals surface area contributed by atoms with Crippen molar-refractivity contribution in [2.24, 2.45) is 0 Å². The van der Waals surface area contributed by atoms with E-state index in [2.05, 4.69) is 0 Å². The van der Waals surface area contributed by atoms with Gasteiger partial charge in [-0.05, 0) is 36.4 Å². The second-order valence-corrected chi connectivity index (χ2v) is 9.30. The predicted octanol–water partition coefficient (Wildman–Crippen LogP) is 2.01. The summed E-state index contributed by atoms with van der Waals surface area (Å²) in [6, 6.07) is 11.6. The van der Waals surface area contributed by atoms with Gasteiger partial charge >= 0.3 is 0 Å². The third-order valence-corrected chi connectivity index (χ3v) is 6.77. The van der Waals surface area contributed by atoms with Crippen molar-refractivity contribution in [1.82, 2.24) is 9.21 Å². The van der Waals surface area contributed by atoms with E-state index in [1.165, 1.54) is 24.1 Å². The van der Waals surface area contributed by atoms with Crippen molar-refractivity contribution < 1.29 is 32.2 Å². The largest absolute Gasteiger partial charge is 0.497 e. The number of ether oxygens (including phenoxy) is 4. The summed E-state index contributed by atoms with van der Waals surface area (Å²) in [5.74, 6) is 1.93. The molecule has 0 radical (unpaired) electrons. The van der Waals surface area contributed by atoms with E-state index < -0.39 is 10.0 Å². The molecule has 0 saturated carbocycles. The highest BCUT2D eigenvalue weighted by Crippen LogP contribution is 2.32. The molecule has 174 valence electrons. The first-order chi connectivity index (χ1) is 15.3. The smallest absolute Gasteiger partial charge is 0.243 e. The zero-order valence-corrected chi connectivity index (χ0v) is 19.3. The monoisotopic (exact) mass is 464 g/mol. The van der Waals surface area contributed by atoms with Crippen molar-refractivity contribution in [1.29, 1.82) is 0 Å². The van der Waals surface area contributed by atoms with Crippen molar-refractivity contribution in [3.63, 3.8) is 0 Å². The lowest BCUT2D eigenvalue weighted by molar-refractivity contribution is -0.130. The number of nitrogens with zero attached hydrogens (tertiary/aromatic N) is 2. The Morgan fingerprint density at radius 1 is 1.00 bits per heavy atom. The summed E-state index contributed by atoms with van der Waals surface area (Å²) < 4.78 is 48.7. The maximum absolute atomic E-state index is 12.9. The van der Waals surface area contributed by atoms with Gasteiger partial charge in [0, 0.05) is 26.6 Å². The minimum absolute atomic E-state index is 0.0440. The number of sulfonamides is 1. The summed E-state index contributed by atoms with van der Waals surface area (Å²) in [5.41, 5.74) is 0. The Hall–Kier alpha value is -2.98. The molecule has 0 bridgehead atoms. The molecule has 9 nitrogen and oxygen atoms in total. The van der Waals surface area contributed by atoms with Gasteiger partial charge in [-0.3, -0.25) is 4.79 Å². The fourth-order valence-electron chi connectivity index (χ4n) is 2.98. The van der Waals surface area contributed by atoms with Gasteiger partial charge < -0.3 is 23.8 Å². The molecule has 0 saturated heterocycles. The van der Waals surface area contributed by atoms with E-state index in [-0.39, 0.29) is 24.0 Å². The first-order valence-corrected chi connectivity index (χ1v) is 11.6. The molecule has 0 fully saturated rings. The van der Waals surface area contributed by atoms with E-state index in [0.29, 0.717) is 37.0 Å². The summed E-state index contributed by atoms with van der Waals surface area (Å²) in [5, 5.41) is 0. The standard InChI is InChI=1S/C22H28N2O7S/c1-23(11-14-29-18-7-5-17(28-3)6-8-18)22(25)16-24(2)32(26,27)19-9-10-20-21(15-19)31-13-4-12-30-20/h5-10,15H,4,11-14,16H2,1-3H3. The Morgan fingerprint density at radius 3 is 2.34 bits per heavy atom. The van der Waals surface area contributed by atoms with E-state index in [0.717, 1.165) is 16.5 Å². The molecule has 2 aromatic rings. The van der Waals surface area contributed by atoms with Gasteiger partial charge in [0.1, 0.15) is 18.1 Å². The SMILES string of the molecule is COc1ccc(OCCN(C)C(=O)CN(C)S(=O)(=O)c2ccc3c(c2)OCCCO3)cc1. The quantitative estimate of drug-likeness (QED) is 0.560. The van der Waals surface area contributed by atoms with Gasteiger partial charge in [-0.2, -0.15) is 4.31 Å². The van der Waals surface area contributed by atoms with E-state index >= 15 is 0 Å². The number of hydrogen-bond donors (Lipinski definition) is 0. The topological polar surface area (TPSA) is 94.6 Å². The highest BCUT2D eigenvalue weighted by molar-refractivity contribution is 7.89. The van der Waals surface area contributed by atoms with Crippen LogP contribution in [0.4, 0.5) is 0 Å². The highest BCUT2D eigenvalue weighted by Gasteiger charge is 2.26. The number of benzene rings is 2. The van der Waals surface area contributed by atoms with Gasteiger partial charge in [0.2, 0.25) is 15.9 Å². The highest BCUT2D eigenvalue weighted by atomic mass is 32.2. The zero-order chi connectivity index (χ0) is 23.1. The van der Waals surface area contributed by atoms with E-state index in [4.69, 9.17) is 18.9 Å². The molecule has 0 spiro atoms. The molecule has 0 N–H and O–H groups in total. The van der Waals surface area contributed by atoms with E-state index in [1.807, 2.05) is 0 Å². The number of likely N-dealkylation sites (N-methyl/N-ethyl adjacent to an activating group) is 2. The lowest BCUT2D eigenvalue weighted by Crippen LogP contribution is -2.40. The van der Waals surface area contributed by atoms with Gasteiger partial charge in [-0.15, -0.1) is 0 Å². The minimum atomic E-state index is -3.88. The Bertz CT molecular complexity index is 1030. The normalized spacial score (nSPS) is 13.4. The number of carbonyl (C=O) groups excluding carboxylic acids is 1. The van der Waals surface area contributed by atoms with Gasteiger partial charge in [0.25, 0.3) is 0 Å². The van der Waals surface area contributed by atoms with Crippen LogP contribution < -0.4 is 18.9 Å². The van der Waals surface area contributed by atoms with Crippen LogP contribution in [0.25, 0.3) is 0 Å². The molecule has 1 aliphatic heterocycles. The van der Waals surface area contributed by atoms with Crippen LogP contribution in [0, 0.1) is 0 Å². The Balaban J connectivity index is 1.54. The van der Waals surface area contributed by atoms with E-state index in [9.17, 15) is 13.2 Å². The van der Waals surface area contributed by atoms with Gasteiger partial charge in [0.05, 0.1) is 38.3 Å². The third kappa shape index (κ3) is 5.83. The van der Waals surface area contributed by atoms with Crippen LogP contribution in [-0.2, 0) is 14.8 Å². The molecule has 1 aliphatic rings. The molecule has 1 heterocycles. The summed E-state index contributed by atoms with van der Waals surface area (Å²) in [7, 11) is 0.688. The fourth-order valence-corrected chi connectivity index (χ4v) is 4.11. The Kier molecular flexibility index (Phi) is 7.81. The number of fused-ring (bicyclic) bond motifs is 1. The number of hydrogen-bond acceptors (Lipinski definition) is 7. The summed E-state index contributed by atoms with van der Waals surface area (Å²) in [6.45, 7) is 1.25. The van der Waals surface area contributed by atoms with Crippen molar-refractivity contribution in [2.45, 2.75) is 11.3 Å². The van der Waals surface area contributed by atoms with Crippen LogP contribution in [0.5, 0.6) is 23.0 Å². The average Bonchev–Trinajstić information content (AvgIpc) is 3.04. The predicted molar refractivity (Wildman–Crippen MR) is 118 cm³/mol. The van der Waals surface area contributed by atoms with Crippen LogP contribution in [0.1, 0.15) is 6.42 Å². The van der Waals surface area contributed by atoms with Crippen LogP contribution in [0.3, 0.4) is 0 Å². The lowest BCUT2D eigenvalue weighted by atomic mass is 10.3. The molecule has 32 heavy (non-hydrogen) atoms. The first kappa shape index (κ1) is 23.7. The van der Waals surface area contributed by atoms with Gasteiger partial charge in [-0.1, -0.05) is 0 Å². The molecule has 0 aromatic heterocycles. The van der Waals surface area contributed by atoms with Gasteiger partial charge in [0.15, 0.2) is 11.5 Å². The van der Waals surface area contributed by atoms with Crippen LogP contribution in [-0.4, -0.2) is 77.6 Å². The summed E-state index contributed by atoms with van der Waals surface area (Å²) >= 11 is 0. The molecular formula is C22H28N2O7S.